The molecule has 1 aromatic carbocycles. The smallest absolute Gasteiger partial charge is 0.253 e. The van der Waals surface area contributed by atoms with E-state index in [9.17, 15) is 4.79 Å². The Morgan fingerprint density at radius 2 is 2.10 bits per heavy atom. The molecule has 2 fully saturated rings. The number of piperidine rings is 1. The molecule has 5 rings (SSSR count). The molecule has 3 aliphatic rings. The van der Waals surface area contributed by atoms with Gasteiger partial charge in [-0.05, 0) is 67.7 Å². The van der Waals surface area contributed by atoms with Crippen molar-refractivity contribution in [1.82, 2.24) is 14.8 Å². The summed E-state index contributed by atoms with van der Waals surface area (Å²) in [6.45, 7) is 5.24. The quantitative estimate of drug-likeness (QED) is 0.763. The van der Waals surface area contributed by atoms with Gasteiger partial charge in [0.05, 0.1) is 37.7 Å². The summed E-state index contributed by atoms with van der Waals surface area (Å²) in [6, 6.07) is 11.9. The van der Waals surface area contributed by atoms with E-state index in [0.29, 0.717) is 25.7 Å². The number of aromatic nitrogens is 1. The average Bonchev–Trinajstić information content (AvgIpc) is 3.21. The maximum absolute atomic E-state index is 13.0. The third-order valence-corrected chi connectivity index (χ3v) is 6.91. The first-order valence-electron chi connectivity index (χ1n) is 10.8. The van der Waals surface area contributed by atoms with Crippen LogP contribution in [0.15, 0.2) is 42.6 Å². The normalized spacial score (nSPS) is 22.7. The zero-order valence-corrected chi connectivity index (χ0v) is 17.5. The Balaban J connectivity index is 1.16. The van der Waals surface area contributed by atoms with Crippen molar-refractivity contribution < 1.29 is 14.3 Å². The van der Waals surface area contributed by atoms with Crippen molar-refractivity contribution in [3.05, 3.63) is 65.0 Å². The number of fused-ring (bicyclic) bond motifs is 1. The minimum Gasteiger partial charge on any atom is -0.375 e. The Kier molecular flexibility index (Phi) is 5.31. The van der Waals surface area contributed by atoms with E-state index in [0.717, 1.165) is 55.9 Å². The van der Waals surface area contributed by atoms with Gasteiger partial charge in [-0.1, -0.05) is 12.1 Å². The molecule has 6 nitrogen and oxygen atoms in total. The van der Waals surface area contributed by atoms with Gasteiger partial charge in [-0.25, -0.2) is 0 Å². The minimum atomic E-state index is 0.0901. The number of likely N-dealkylation sites (N-methyl/N-ethyl adjacent to an activating group) is 1. The van der Waals surface area contributed by atoms with Gasteiger partial charge in [-0.15, -0.1) is 0 Å². The first-order chi connectivity index (χ1) is 14.6. The van der Waals surface area contributed by atoms with E-state index in [1.54, 1.807) is 6.20 Å². The van der Waals surface area contributed by atoms with Gasteiger partial charge in [0.2, 0.25) is 0 Å². The van der Waals surface area contributed by atoms with Gasteiger partial charge >= 0.3 is 0 Å². The number of carbonyl (C=O) groups is 1. The van der Waals surface area contributed by atoms with Crippen molar-refractivity contribution in [2.45, 2.75) is 38.2 Å². The number of hydrogen-bond acceptors (Lipinski definition) is 5. The second kappa shape index (κ2) is 8.10. The predicted molar refractivity (Wildman–Crippen MR) is 113 cm³/mol. The Labute approximate surface area is 177 Å². The lowest BCUT2D eigenvalue weighted by atomic mass is 9.75. The van der Waals surface area contributed by atoms with Gasteiger partial charge in [0.15, 0.2) is 0 Å². The maximum Gasteiger partial charge on any atom is 0.253 e. The zero-order valence-electron chi connectivity index (χ0n) is 17.5. The monoisotopic (exact) mass is 407 g/mol. The standard InChI is InChI=1S/C24H29N3O3/c1-26-9-7-18(12-29-15-22-4-2-3-8-25-22)11-24(26)16-27(17-24)23(28)19-5-6-20-13-30-14-21(20)10-19/h2-6,8,10,18H,7,9,11-17H2,1H3/t18-/m1/s1. The third-order valence-electron chi connectivity index (χ3n) is 6.91. The summed E-state index contributed by atoms with van der Waals surface area (Å²) in [7, 11) is 2.19. The minimum absolute atomic E-state index is 0.0901. The van der Waals surface area contributed by atoms with Crippen LogP contribution in [0.1, 0.15) is 40.0 Å². The highest BCUT2D eigenvalue weighted by Gasteiger charge is 2.51. The highest BCUT2D eigenvalue weighted by molar-refractivity contribution is 5.95. The highest BCUT2D eigenvalue weighted by Crippen LogP contribution is 2.39. The van der Waals surface area contributed by atoms with Crippen LogP contribution in [0.3, 0.4) is 0 Å². The highest BCUT2D eigenvalue weighted by atomic mass is 16.5. The molecule has 30 heavy (non-hydrogen) atoms. The molecule has 0 N–H and O–H groups in total. The molecule has 0 saturated carbocycles. The van der Waals surface area contributed by atoms with Crippen LogP contribution in [0, 0.1) is 5.92 Å². The Morgan fingerprint density at radius 3 is 2.93 bits per heavy atom. The number of benzene rings is 1. The van der Waals surface area contributed by atoms with E-state index >= 15 is 0 Å². The lowest BCUT2D eigenvalue weighted by Gasteiger charge is -2.58. The summed E-state index contributed by atoms with van der Waals surface area (Å²) < 4.78 is 11.4. The molecular weight excluding hydrogens is 378 g/mol. The fraction of sp³-hybridized carbons (Fsp3) is 0.500. The van der Waals surface area contributed by atoms with Gasteiger partial charge in [0.25, 0.3) is 5.91 Å². The second-order valence-corrected chi connectivity index (χ2v) is 8.98. The van der Waals surface area contributed by atoms with Crippen LogP contribution in [0.2, 0.25) is 0 Å². The summed E-state index contributed by atoms with van der Waals surface area (Å²) in [5.41, 5.74) is 4.19. The Bertz CT molecular complexity index is 911. The molecule has 0 radical (unpaired) electrons. The first kappa shape index (κ1) is 19.7. The van der Waals surface area contributed by atoms with Crippen LogP contribution in [0.4, 0.5) is 0 Å². The maximum atomic E-state index is 13.0. The first-order valence-corrected chi connectivity index (χ1v) is 10.8. The molecule has 1 aromatic heterocycles. The molecule has 2 saturated heterocycles. The number of hydrogen-bond donors (Lipinski definition) is 0. The van der Waals surface area contributed by atoms with E-state index in [4.69, 9.17) is 9.47 Å². The summed E-state index contributed by atoms with van der Waals surface area (Å²) in [5.74, 6) is 0.663. The molecule has 158 valence electrons. The van der Waals surface area contributed by atoms with Crippen LogP contribution < -0.4 is 0 Å². The fourth-order valence-electron chi connectivity index (χ4n) is 5.03. The third kappa shape index (κ3) is 3.75. The molecule has 3 aliphatic heterocycles. The molecular formula is C24H29N3O3. The summed E-state index contributed by atoms with van der Waals surface area (Å²) in [4.78, 5) is 21.8. The van der Waals surface area contributed by atoms with Crippen molar-refractivity contribution in [2.75, 3.05) is 33.3 Å². The van der Waals surface area contributed by atoms with Crippen LogP contribution >= 0.6 is 0 Å². The van der Waals surface area contributed by atoms with Crippen LogP contribution in [-0.4, -0.2) is 59.5 Å². The summed E-state index contributed by atoms with van der Waals surface area (Å²) >= 11 is 0. The number of amides is 1. The van der Waals surface area contributed by atoms with Crippen LogP contribution in [0.5, 0.6) is 0 Å². The molecule has 2 aromatic rings. The predicted octanol–water partition coefficient (Wildman–Crippen LogP) is 2.87. The van der Waals surface area contributed by atoms with E-state index in [2.05, 4.69) is 16.9 Å². The summed E-state index contributed by atoms with van der Waals surface area (Å²) in [5, 5.41) is 0. The van der Waals surface area contributed by atoms with Gasteiger partial charge in [-0.3, -0.25) is 14.7 Å². The molecule has 4 heterocycles. The molecule has 1 spiro atoms. The SMILES string of the molecule is CN1CC[C@@H](COCc2ccccn2)CC12CN(C(=O)c1ccc3c(c1)COC3)C2. The van der Waals surface area contributed by atoms with Gasteiger partial charge in [-0.2, -0.15) is 0 Å². The van der Waals surface area contributed by atoms with Gasteiger partial charge in [0.1, 0.15) is 0 Å². The molecule has 0 bridgehead atoms. The van der Waals surface area contributed by atoms with E-state index in [1.165, 1.54) is 5.56 Å². The van der Waals surface area contributed by atoms with Gasteiger partial charge in [0, 0.05) is 24.8 Å². The fourth-order valence-corrected chi connectivity index (χ4v) is 5.03. The van der Waals surface area contributed by atoms with E-state index in [1.807, 2.05) is 41.3 Å². The zero-order chi connectivity index (χ0) is 20.6. The van der Waals surface area contributed by atoms with Gasteiger partial charge < -0.3 is 14.4 Å². The van der Waals surface area contributed by atoms with Crippen molar-refractivity contribution in [3.8, 4) is 0 Å². The summed E-state index contributed by atoms with van der Waals surface area (Å²) in [6.07, 6.45) is 4.02. The number of likely N-dealkylation sites (tertiary alicyclic amines) is 2. The lowest BCUT2D eigenvalue weighted by molar-refractivity contribution is -0.0769. The topological polar surface area (TPSA) is 54.9 Å². The van der Waals surface area contributed by atoms with Crippen molar-refractivity contribution in [2.24, 2.45) is 5.92 Å². The van der Waals surface area contributed by atoms with E-state index < -0.39 is 0 Å². The average molecular weight is 408 g/mol. The number of pyridine rings is 1. The van der Waals surface area contributed by atoms with Crippen molar-refractivity contribution >= 4 is 5.91 Å². The number of rotatable bonds is 5. The van der Waals surface area contributed by atoms with Crippen molar-refractivity contribution in [3.63, 3.8) is 0 Å². The molecule has 6 heteroatoms. The van der Waals surface area contributed by atoms with Crippen LogP contribution in [0.25, 0.3) is 0 Å². The molecule has 1 atom stereocenters. The van der Waals surface area contributed by atoms with Crippen molar-refractivity contribution in [1.29, 1.82) is 0 Å². The number of nitrogens with zero attached hydrogens (tertiary/aromatic N) is 3. The largest absolute Gasteiger partial charge is 0.375 e. The Hall–Kier alpha value is -2.28. The van der Waals surface area contributed by atoms with E-state index in [-0.39, 0.29) is 11.4 Å². The van der Waals surface area contributed by atoms with Crippen LogP contribution in [-0.2, 0) is 29.3 Å². The number of carbonyl (C=O) groups excluding carboxylic acids is 1. The lowest BCUT2D eigenvalue weighted by Crippen LogP contribution is -2.72. The molecule has 0 aliphatic carbocycles. The Morgan fingerprint density at radius 1 is 1.23 bits per heavy atom. The second-order valence-electron chi connectivity index (χ2n) is 8.98. The molecule has 0 unspecified atom stereocenters. The molecule has 1 amide bonds. The number of ether oxygens (including phenoxy) is 2.